The van der Waals surface area contributed by atoms with Crippen molar-refractivity contribution in [2.75, 3.05) is 31.1 Å². The summed E-state index contributed by atoms with van der Waals surface area (Å²) in [5.41, 5.74) is 4.17. The van der Waals surface area contributed by atoms with Crippen molar-refractivity contribution in [3.8, 4) is 0 Å². The largest absolute Gasteiger partial charge is 0.368 e. The van der Waals surface area contributed by atoms with E-state index in [4.69, 9.17) is 0 Å². The number of hydrogen-bond acceptors (Lipinski definition) is 3. The molecule has 1 heterocycles. The maximum absolute atomic E-state index is 11.3. The number of aryl methyl sites for hydroxylation is 2. The van der Waals surface area contributed by atoms with Gasteiger partial charge in [0.25, 0.3) is 0 Å². The molecule has 4 nitrogen and oxygen atoms in total. The number of aldehydes is 1. The average molecular weight is 260 g/mol. The molecule has 0 unspecified atom stereocenters. The van der Waals surface area contributed by atoms with Gasteiger partial charge in [0.05, 0.1) is 0 Å². The second-order valence-corrected chi connectivity index (χ2v) is 5.11. The van der Waals surface area contributed by atoms with E-state index in [1.54, 1.807) is 6.92 Å². The zero-order valence-electron chi connectivity index (χ0n) is 11.8. The lowest BCUT2D eigenvalue weighted by atomic mass is 10.0. The number of nitrogens with zero attached hydrogens (tertiary/aromatic N) is 2. The summed E-state index contributed by atoms with van der Waals surface area (Å²) >= 11 is 0. The molecule has 1 saturated heterocycles. The fourth-order valence-electron chi connectivity index (χ4n) is 2.80. The fourth-order valence-corrected chi connectivity index (χ4v) is 2.80. The summed E-state index contributed by atoms with van der Waals surface area (Å²) in [5, 5.41) is 0. The van der Waals surface area contributed by atoms with E-state index in [9.17, 15) is 9.59 Å². The summed E-state index contributed by atoms with van der Waals surface area (Å²) in [7, 11) is 0. The van der Waals surface area contributed by atoms with Gasteiger partial charge in [0, 0.05) is 44.4 Å². The third-order valence-corrected chi connectivity index (χ3v) is 3.69. The maximum Gasteiger partial charge on any atom is 0.219 e. The SMILES string of the molecule is CC(=O)N1CCN(c2c(C)cc(C=O)cc2C)CC1. The lowest BCUT2D eigenvalue weighted by Crippen LogP contribution is -2.48. The smallest absolute Gasteiger partial charge is 0.219 e. The Labute approximate surface area is 114 Å². The van der Waals surface area contributed by atoms with Gasteiger partial charge in [-0.1, -0.05) is 0 Å². The zero-order valence-corrected chi connectivity index (χ0v) is 11.8. The summed E-state index contributed by atoms with van der Waals surface area (Å²) < 4.78 is 0. The normalized spacial score (nSPS) is 15.5. The van der Waals surface area contributed by atoms with Gasteiger partial charge in [-0.2, -0.15) is 0 Å². The van der Waals surface area contributed by atoms with Crippen LogP contribution in [0.4, 0.5) is 5.69 Å². The number of amides is 1. The molecule has 0 saturated carbocycles. The number of benzene rings is 1. The molecular weight excluding hydrogens is 240 g/mol. The molecule has 1 amide bonds. The van der Waals surface area contributed by atoms with Crippen molar-refractivity contribution in [1.82, 2.24) is 4.90 Å². The van der Waals surface area contributed by atoms with Gasteiger partial charge in [-0.15, -0.1) is 0 Å². The Morgan fingerprint density at radius 3 is 2.05 bits per heavy atom. The number of piperazine rings is 1. The summed E-state index contributed by atoms with van der Waals surface area (Å²) in [6, 6.07) is 3.85. The van der Waals surface area contributed by atoms with Crippen LogP contribution < -0.4 is 4.90 Å². The zero-order chi connectivity index (χ0) is 14.0. The first-order chi connectivity index (χ1) is 9.02. The van der Waals surface area contributed by atoms with Gasteiger partial charge < -0.3 is 9.80 Å². The molecule has 4 heteroatoms. The van der Waals surface area contributed by atoms with Gasteiger partial charge in [-0.05, 0) is 37.1 Å². The highest BCUT2D eigenvalue weighted by molar-refractivity contribution is 5.78. The van der Waals surface area contributed by atoms with Crippen LogP contribution in [0.5, 0.6) is 0 Å². The minimum absolute atomic E-state index is 0.143. The quantitative estimate of drug-likeness (QED) is 0.761. The van der Waals surface area contributed by atoms with Gasteiger partial charge in [0.2, 0.25) is 5.91 Å². The third kappa shape index (κ3) is 2.78. The Balaban J connectivity index is 2.20. The van der Waals surface area contributed by atoms with Crippen molar-refractivity contribution in [3.63, 3.8) is 0 Å². The van der Waals surface area contributed by atoms with Crippen molar-refractivity contribution in [2.24, 2.45) is 0 Å². The summed E-state index contributed by atoms with van der Waals surface area (Å²) in [6.07, 6.45) is 0.886. The Hall–Kier alpha value is -1.84. The van der Waals surface area contributed by atoms with Gasteiger partial charge >= 0.3 is 0 Å². The van der Waals surface area contributed by atoms with Crippen LogP contribution in [0.25, 0.3) is 0 Å². The summed E-state index contributed by atoms with van der Waals surface area (Å²) in [4.78, 5) is 26.4. The van der Waals surface area contributed by atoms with Crippen LogP contribution in [0.1, 0.15) is 28.4 Å². The Bertz CT molecular complexity index is 480. The molecule has 0 bridgehead atoms. The van der Waals surface area contributed by atoms with Gasteiger partial charge in [-0.3, -0.25) is 9.59 Å². The van der Waals surface area contributed by atoms with E-state index < -0.39 is 0 Å². The number of carbonyl (C=O) groups excluding carboxylic acids is 2. The minimum atomic E-state index is 0.143. The molecule has 2 rings (SSSR count). The average Bonchev–Trinajstić information content (AvgIpc) is 2.38. The highest BCUT2D eigenvalue weighted by Crippen LogP contribution is 2.27. The number of hydrogen-bond donors (Lipinski definition) is 0. The Kier molecular flexibility index (Phi) is 3.88. The molecule has 0 N–H and O–H groups in total. The number of carbonyl (C=O) groups is 2. The molecule has 0 spiro atoms. The molecule has 1 aromatic carbocycles. The molecule has 0 aromatic heterocycles. The lowest BCUT2D eigenvalue weighted by Gasteiger charge is -2.37. The fraction of sp³-hybridized carbons (Fsp3) is 0.467. The van der Waals surface area contributed by atoms with E-state index in [0.29, 0.717) is 0 Å². The van der Waals surface area contributed by atoms with Gasteiger partial charge in [0.1, 0.15) is 6.29 Å². The molecule has 0 atom stereocenters. The molecule has 0 radical (unpaired) electrons. The molecule has 1 fully saturated rings. The van der Waals surface area contributed by atoms with Crippen molar-refractivity contribution in [1.29, 1.82) is 0 Å². The molecule has 1 aromatic rings. The van der Waals surface area contributed by atoms with Crippen molar-refractivity contribution < 1.29 is 9.59 Å². The first-order valence-corrected chi connectivity index (χ1v) is 6.60. The van der Waals surface area contributed by atoms with Crippen molar-refractivity contribution in [2.45, 2.75) is 20.8 Å². The van der Waals surface area contributed by atoms with Crippen LogP contribution in [0.3, 0.4) is 0 Å². The predicted octanol–water partition coefficient (Wildman–Crippen LogP) is 1.78. The molecule has 102 valence electrons. The van der Waals surface area contributed by atoms with E-state index in [0.717, 1.165) is 49.2 Å². The molecular formula is C15H20N2O2. The molecule has 19 heavy (non-hydrogen) atoms. The summed E-state index contributed by atoms with van der Waals surface area (Å²) in [6.45, 7) is 8.92. The van der Waals surface area contributed by atoms with E-state index >= 15 is 0 Å². The standard InChI is InChI=1S/C15H20N2O2/c1-11-8-14(10-18)9-12(2)15(11)17-6-4-16(5-7-17)13(3)19/h8-10H,4-7H2,1-3H3. The van der Waals surface area contributed by atoms with Crippen LogP contribution in [0, 0.1) is 13.8 Å². The molecule has 1 aliphatic heterocycles. The second kappa shape index (κ2) is 5.43. The topological polar surface area (TPSA) is 40.6 Å². The first kappa shape index (κ1) is 13.6. The number of anilines is 1. The maximum atomic E-state index is 11.3. The Morgan fingerprint density at radius 1 is 1.11 bits per heavy atom. The summed E-state index contributed by atoms with van der Waals surface area (Å²) in [5.74, 6) is 0.143. The minimum Gasteiger partial charge on any atom is -0.368 e. The molecule has 1 aliphatic rings. The predicted molar refractivity (Wildman–Crippen MR) is 75.8 cm³/mol. The number of rotatable bonds is 2. The van der Waals surface area contributed by atoms with Crippen LogP contribution in [-0.2, 0) is 4.79 Å². The highest BCUT2D eigenvalue weighted by atomic mass is 16.2. The van der Waals surface area contributed by atoms with E-state index in [1.807, 2.05) is 30.9 Å². The van der Waals surface area contributed by atoms with E-state index in [-0.39, 0.29) is 5.91 Å². The van der Waals surface area contributed by atoms with Crippen molar-refractivity contribution >= 4 is 17.9 Å². The van der Waals surface area contributed by atoms with E-state index in [2.05, 4.69) is 4.90 Å². The van der Waals surface area contributed by atoms with Crippen LogP contribution in [-0.4, -0.2) is 43.3 Å². The highest BCUT2D eigenvalue weighted by Gasteiger charge is 2.21. The Morgan fingerprint density at radius 2 is 1.63 bits per heavy atom. The first-order valence-electron chi connectivity index (χ1n) is 6.60. The van der Waals surface area contributed by atoms with Crippen LogP contribution in [0.15, 0.2) is 12.1 Å². The second-order valence-electron chi connectivity index (χ2n) is 5.11. The van der Waals surface area contributed by atoms with E-state index in [1.165, 1.54) is 5.69 Å². The molecule has 0 aliphatic carbocycles. The third-order valence-electron chi connectivity index (χ3n) is 3.69. The van der Waals surface area contributed by atoms with Crippen LogP contribution >= 0.6 is 0 Å². The monoisotopic (exact) mass is 260 g/mol. The lowest BCUT2D eigenvalue weighted by molar-refractivity contribution is -0.129. The van der Waals surface area contributed by atoms with Crippen molar-refractivity contribution in [3.05, 3.63) is 28.8 Å². The van der Waals surface area contributed by atoms with Gasteiger partial charge in [-0.25, -0.2) is 0 Å². The van der Waals surface area contributed by atoms with Gasteiger partial charge in [0.15, 0.2) is 0 Å². The van der Waals surface area contributed by atoms with Crippen LogP contribution in [0.2, 0.25) is 0 Å².